The Labute approximate surface area is 240 Å². The predicted octanol–water partition coefficient (Wildman–Crippen LogP) is 10.0. The minimum Gasteiger partial charge on any atom is -0.355 e. The van der Waals surface area contributed by atoms with Gasteiger partial charge in [-0.05, 0) is 120 Å². The third-order valence-electron chi connectivity index (χ3n) is 8.98. The van der Waals surface area contributed by atoms with Crippen LogP contribution >= 0.6 is 0 Å². The van der Waals surface area contributed by atoms with Crippen molar-refractivity contribution in [1.29, 1.82) is 0 Å². The summed E-state index contributed by atoms with van der Waals surface area (Å²) in [6.07, 6.45) is 7.82. The first kappa shape index (κ1) is 28.1. The van der Waals surface area contributed by atoms with E-state index in [0.717, 1.165) is 74.1 Å². The molecular weight excluding hydrogens is 488 g/mol. The van der Waals surface area contributed by atoms with Gasteiger partial charge in [0, 0.05) is 22.1 Å². The van der Waals surface area contributed by atoms with Crippen molar-refractivity contribution in [2.24, 2.45) is 0 Å². The molecule has 2 N–H and O–H groups in total. The van der Waals surface area contributed by atoms with Crippen molar-refractivity contribution in [3.8, 4) is 0 Å². The van der Waals surface area contributed by atoms with Crippen LogP contribution in [0.5, 0.6) is 0 Å². The summed E-state index contributed by atoms with van der Waals surface area (Å²) in [5.41, 5.74) is 20.2. The van der Waals surface area contributed by atoms with Crippen LogP contribution < -0.4 is 0 Å². The van der Waals surface area contributed by atoms with E-state index >= 15 is 0 Å². The highest BCUT2D eigenvalue weighted by molar-refractivity contribution is 6.00. The van der Waals surface area contributed by atoms with E-state index in [0.29, 0.717) is 0 Å². The van der Waals surface area contributed by atoms with E-state index in [-0.39, 0.29) is 0 Å². The van der Waals surface area contributed by atoms with E-state index in [1.165, 1.54) is 66.6 Å². The Morgan fingerprint density at radius 3 is 1.30 bits per heavy atom. The maximum atomic E-state index is 5.36. The molecule has 3 aromatic rings. The Morgan fingerprint density at radius 2 is 0.825 bits per heavy atom. The highest BCUT2D eigenvalue weighted by atomic mass is 14.8. The van der Waals surface area contributed by atoms with Gasteiger partial charge in [0.25, 0.3) is 0 Å². The normalized spacial score (nSPS) is 13.6. The van der Waals surface area contributed by atoms with Gasteiger partial charge in [-0.15, -0.1) is 0 Å². The average molecular weight is 535 g/mol. The number of nitrogens with zero attached hydrogens (tertiary/aromatic N) is 2. The Balaban J connectivity index is 2.04. The second kappa shape index (κ2) is 11.6. The van der Waals surface area contributed by atoms with E-state index in [1.54, 1.807) is 0 Å². The summed E-state index contributed by atoms with van der Waals surface area (Å²) in [4.78, 5) is 18.3. The van der Waals surface area contributed by atoms with Gasteiger partial charge >= 0.3 is 0 Å². The minimum atomic E-state index is 0.956. The maximum Gasteiger partial charge on any atom is 0.0932 e. The average Bonchev–Trinajstić information content (AvgIpc) is 3.69. The number of hydrogen-bond donors (Lipinski definition) is 2. The second-order valence-corrected chi connectivity index (χ2v) is 10.9. The summed E-state index contributed by atoms with van der Waals surface area (Å²) in [7, 11) is 0. The smallest absolute Gasteiger partial charge is 0.0932 e. The third kappa shape index (κ3) is 4.46. The standard InChI is InChI=1S/C36H46N4/c1-9-21-22(10-2)31-19-32-23(11-3)24(12-4)33(38-32)20-34-26(14-6)28(16-8)36(40-34)35-27(15-7)25(13-5)30(39-35)18-17-29(21)37-31/h17-20,37-38H,9-16H2,1-8H3. The fourth-order valence-electron chi connectivity index (χ4n) is 7.12. The zero-order chi connectivity index (χ0) is 28.6. The summed E-state index contributed by atoms with van der Waals surface area (Å²) in [6.45, 7) is 18.1. The molecule has 40 heavy (non-hydrogen) atoms. The molecule has 0 saturated carbocycles. The molecule has 0 unspecified atom stereocenters. The molecule has 210 valence electrons. The Bertz CT molecular complexity index is 1670. The number of aromatic amines is 2. The van der Waals surface area contributed by atoms with E-state index in [1.807, 2.05) is 0 Å². The Morgan fingerprint density at radius 1 is 0.425 bits per heavy atom. The number of rotatable bonds is 8. The van der Waals surface area contributed by atoms with Gasteiger partial charge in [-0.2, -0.15) is 0 Å². The topological polar surface area (TPSA) is 57.4 Å². The van der Waals surface area contributed by atoms with Crippen LogP contribution in [-0.4, -0.2) is 19.9 Å². The summed E-state index contributed by atoms with van der Waals surface area (Å²) >= 11 is 0. The first-order chi connectivity index (χ1) is 19.5. The molecule has 0 spiro atoms. The van der Waals surface area contributed by atoms with E-state index < -0.39 is 0 Å². The molecule has 5 rings (SSSR count). The van der Waals surface area contributed by atoms with Gasteiger partial charge in [0.05, 0.1) is 22.8 Å². The van der Waals surface area contributed by atoms with Crippen LogP contribution in [0.15, 0.2) is 24.3 Å². The number of hydrogen-bond acceptors (Lipinski definition) is 2. The number of nitrogens with one attached hydrogen (secondary N) is 2. The zero-order valence-electron chi connectivity index (χ0n) is 25.9. The first-order valence-electron chi connectivity index (χ1n) is 15.7. The summed E-state index contributed by atoms with van der Waals surface area (Å²) < 4.78 is 0. The van der Waals surface area contributed by atoms with Gasteiger partial charge in [-0.1, -0.05) is 55.4 Å². The molecule has 0 saturated heterocycles. The van der Waals surface area contributed by atoms with Gasteiger partial charge in [-0.3, -0.25) is 0 Å². The molecule has 4 nitrogen and oxygen atoms in total. The number of H-pyrrole nitrogens is 2. The monoisotopic (exact) mass is 534 g/mol. The van der Waals surface area contributed by atoms with Gasteiger partial charge in [-0.25, -0.2) is 9.97 Å². The SMILES string of the molecule is CCC1=C(CC)c2nc1ccc1[nH]c(cc3[nH]c(cc4nc2C(CC)=C4CC)c(CC)c3CC)c(CC)c1CC. The molecule has 0 fully saturated rings. The molecule has 2 aliphatic heterocycles. The number of aryl methyl sites for hydroxylation is 4. The van der Waals surface area contributed by atoms with Crippen LogP contribution in [-0.2, 0) is 25.7 Å². The fraction of sp³-hybridized carbons (Fsp3) is 0.444. The van der Waals surface area contributed by atoms with Gasteiger partial charge in [0.2, 0.25) is 0 Å². The van der Waals surface area contributed by atoms with Gasteiger partial charge in [0.15, 0.2) is 0 Å². The van der Waals surface area contributed by atoms with Crippen LogP contribution in [0.1, 0.15) is 126 Å². The summed E-state index contributed by atoms with van der Waals surface area (Å²) in [5.74, 6) is 0. The van der Waals surface area contributed by atoms with Crippen molar-refractivity contribution >= 4 is 44.4 Å². The van der Waals surface area contributed by atoms with Gasteiger partial charge < -0.3 is 9.97 Å². The van der Waals surface area contributed by atoms with Crippen molar-refractivity contribution in [3.63, 3.8) is 0 Å². The van der Waals surface area contributed by atoms with Crippen LogP contribution in [0.4, 0.5) is 0 Å². The van der Waals surface area contributed by atoms with Crippen molar-refractivity contribution in [3.05, 3.63) is 69.3 Å². The van der Waals surface area contributed by atoms with Crippen LogP contribution in [0.2, 0.25) is 0 Å². The third-order valence-corrected chi connectivity index (χ3v) is 8.98. The van der Waals surface area contributed by atoms with Crippen LogP contribution in [0.3, 0.4) is 0 Å². The molecule has 5 heterocycles. The van der Waals surface area contributed by atoms with Crippen LogP contribution in [0, 0.1) is 0 Å². The predicted molar refractivity (Wildman–Crippen MR) is 173 cm³/mol. The zero-order valence-corrected chi connectivity index (χ0v) is 25.9. The highest BCUT2D eigenvalue weighted by Crippen LogP contribution is 2.42. The van der Waals surface area contributed by atoms with E-state index in [4.69, 9.17) is 9.97 Å². The van der Waals surface area contributed by atoms with Crippen molar-refractivity contribution in [1.82, 2.24) is 19.9 Å². The molecule has 0 amide bonds. The van der Waals surface area contributed by atoms with E-state index in [9.17, 15) is 0 Å². The maximum absolute atomic E-state index is 5.36. The molecule has 0 atom stereocenters. The first-order valence-corrected chi connectivity index (χ1v) is 15.7. The lowest BCUT2D eigenvalue weighted by molar-refractivity contribution is 1.07. The molecular formula is C36H46N4. The van der Waals surface area contributed by atoms with Crippen LogP contribution in [0.25, 0.3) is 44.4 Å². The number of fused-ring (bicyclic) bond motifs is 9. The highest BCUT2D eigenvalue weighted by Gasteiger charge is 2.27. The molecule has 3 aromatic heterocycles. The molecule has 0 aromatic carbocycles. The van der Waals surface area contributed by atoms with Crippen molar-refractivity contribution < 1.29 is 0 Å². The lowest BCUT2D eigenvalue weighted by Crippen LogP contribution is -1.92. The molecule has 0 aliphatic carbocycles. The van der Waals surface area contributed by atoms with Crippen molar-refractivity contribution in [2.75, 3.05) is 0 Å². The minimum absolute atomic E-state index is 0.956. The number of aromatic nitrogens is 4. The summed E-state index contributed by atoms with van der Waals surface area (Å²) in [6, 6.07) is 9.17. The molecule has 0 radical (unpaired) electrons. The molecule has 8 bridgehead atoms. The molecule has 4 heteroatoms. The van der Waals surface area contributed by atoms with Crippen molar-refractivity contribution in [2.45, 2.75) is 107 Å². The van der Waals surface area contributed by atoms with E-state index in [2.05, 4.69) is 89.6 Å². The number of allylic oxidation sites excluding steroid dienone is 4. The molecule has 2 aliphatic rings. The fourth-order valence-corrected chi connectivity index (χ4v) is 7.12. The second-order valence-electron chi connectivity index (χ2n) is 10.9. The lowest BCUT2D eigenvalue weighted by Gasteiger charge is -2.07. The Hall–Kier alpha value is -3.40. The Kier molecular flexibility index (Phi) is 8.16. The lowest BCUT2D eigenvalue weighted by atomic mass is 9.95. The largest absolute Gasteiger partial charge is 0.355 e. The summed E-state index contributed by atoms with van der Waals surface area (Å²) in [5, 5.41) is 0. The van der Waals surface area contributed by atoms with Gasteiger partial charge in [0.1, 0.15) is 0 Å². The quantitative estimate of drug-likeness (QED) is 0.302.